The van der Waals surface area contributed by atoms with Crippen LogP contribution in [0.2, 0.25) is 5.02 Å². The molecule has 1 aromatic carbocycles. The number of benzene rings is 1. The van der Waals surface area contributed by atoms with E-state index in [1.54, 1.807) is 0 Å². The molecule has 1 aliphatic rings. The lowest BCUT2D eigenvalue weighted by Crippen LogP contribution is -2.38. The summed E-state index contributed by atoms with van der Waals surface area (Å²) in [6.07, 6.45) is 0. The Morgan fingerprint density at radius 3 is 2.62 bits per heavy atom. The molecule has 1 aromatic rings. The van der Waals surface area contributed by atoms with E-state index in [0.29, 0.717) is 12.1 Å². The topological polar surface area (TPSA) is 24.1 Å². The Morgan fingerprint density at radius 1 is 1.15 bits per heavy atom. The predicted octanol–water partition coefficient (Wildman–Crippen LogP) is 2.95. The van der Waals surface area contributed by atoms with Crippen LogP contribution in [0.3, 0.4) is 0 Å². The van der Waals surface area contributed by atoms with E-state index in [4.69, 9.17) is 11.6 Å². The van der Waals surface area contributed by atoms with Gasteiger partial charge < -0.3 is 10.6 Å². The van der Waals surface area contributed by atoms with E-state index in [1.807, 2.05) is 18.2 Å². The highest BCUT2D eigenvalue weighted by Crippen LogP contribution is 2.34. The highest BCUT2D eigenvalue weighted by atomic mass is 35.5. The third kappa shape index (κ3) is 1.46. The van der Waals surface area contributed by atoms with Gasteiger partial charge in [0.05, 0.1) is 16.4 Å². The highest BCUT2D eigenvalue weighted by molar-refractivity contribution is 6.34. The van der Waals surface area contributed by atoms with Crippen molar-refractivity contribution in [2.75, 3.05) is 10.6 Å². The summed E-state index contributed by atoms with van der Waals surface area (Å²) in [4.78, 5) is 0. The van der Waals surface area contributed by atoms with Gasteiger partial charge in [-0.1, -0.05) is 17.7 Å². The first-order valence-corrected chi connectivity index (χ1v) is 4.88. The molecule has 2 rings (SSSR count). The number of nitrogens with one attached hydrogen (secondary N) is 2. The van der Waals surface area contributed by atoms with Crippen molar-refractivity contribution in [1.82, 2.24) is 0 Å². The molecule has 2 atom stereocenters. The minimum absolute atomic E-state index is 0.410. The number of fused-ring (bicyclic) bond motifs is 1. The molecule has 0 aliphatic carbocycles. The summed E-state index contributed by atoms with van der Waals surface area (Å²) < 4.78 is 0. The zero-order valence-electron chi connectivity index (χ0n) is 7.76. The fourth-order valence-electron chi connectivity index (χ4n) is 1.51. The molecular weight excluding hydrogens is 184 g/mol. The van der Waals surface area contributed by atoms with Gasteiger partial charge in [0, 0.05) is 12.1 Å². The number of hydrogen-bond donors (Lipinski definition) is 2. The average Bonchev–Trinajstić information content (AvgIpc) is 2.09. The van der Waals surface area contributed by atoms with Crippen molar-refractivity contribution >= 4 is 23.0 Å². The van der Waals surface area contributed by atoms with Crippen LogP contribution in [0.5, 0.6) is 0 Å². The van der Waals surface area contributed by atoms with Gasteiger partial charge in [-0.3, -0.25) is 0 Å². The summed E-state index contributed by atoms with van der Waals surface area (Å²) in [5, 5.41) is 7.57. The number of rotatable bonds is 0. The van der Waals surface area contributed by atoms with E-state index in [2.05, 4.69) is 24.5 Å². The molecule has 1 aliphatic heterocycles. The quantitative estimate of drug-likeness (QED) is 0.667. The third-order valence-corrected chi connectivity index (χ3v) is 2.83. The van der Waals surface area contributed by atoms with Crippen LogP contribution in [0.4, 0.5) is 11.4 Å². The van der Waals surface area contributed by atoms with E-state index in [-0.39, 0.29) is 0 Å². The van der Waals surface area contributed by atoms with Crippen LogP contribution >= 0.6 is 11.6 Å². The first-order valence-electron chi connectivity index (χ1n) is 4.50. The summed E-state index contributed by atoms with van der Waals surface area (Å²) in [7, 11) is 0. The van der Waals surface area contributed by atoms with Crippen molar-refractivity contribution in [2.45, 2.75) is 25.9 Å². The maximum atomic E-state index is 6.05. The van der Waals surface area contributed by atoms with Crippen molar-refractivity contribution in [3.8, 4) is 0 Å². The van der Waals surface area contributed by atoms with Crippen LogP contribution in [0, 0.1) is 0 Å². The zero-order valence-corrected chi connectivity index (χ0v) is 8.52. The Balaban J connectivity index is 2.42. The van der Waals surface area contributed by atoms with Crippen molar-refractivity contribution in [3.63, 3.8) is 0 Å². The second kappa shape index (κ2) is 3.11. The van der Waals surface area contributed by atoms with Crippen LogP contribution < -0.4 is 10.6 Å². The Labute approximate surface area is 83.3 Å². The molecule has 0 fully saturated rings. The van der Waals surface area contributed by atoms with Crippen molar-refractivity contribution in [1.29, 1.82) is 0 Å². The number of hydrogen-bond acceptors (Lipinski definition) is 2. The summed E-state index contributed by atoms with van der Waals surface area (Å²) in [6, 6.07) is 6.74. The maximum absolute atomic E-state index is 6.05. The lowest BCUT2D eigenvalue weighted by molar-refractivity contribution is 0.663. The zero-order chi connectivity index (χ0) is 9.42. The van der Waals surface area contributed by atoms with Crippen LogP contribution in [-0.4, -0.2) is 12.1 Å². The molecule has 3 heteroatoms. The summed E-state index contributed by atoms with van der Waals surface area (Å²) in [5.41, 5.74) is 2.12. The first-order chi connectivity index (χ1) is 6.18. The van der Waals surface area contributed by atoms with Crippen molar-refractivity contribution in [3.05, 3.63) is 23.2 Å². The molecule has 0 saturated heterocycles. The Kier molecular flexibility index (Phi) is 2.08. The smallest absolute Gasteiger partial charge is 0.0768 e. The normalized spacial score (nSPS) is 25.8. The minimum Gasteiger partial charge on any atom is -0.379 e. The molecule has 0 bridgehead atoms. The third-order valence-electron chi connectivity index (χ3n) is 2.52. The maximum Gasteiger partial charge on any atom is 0.0768 e. The average molecular weight is 197 g/mol. The van der Waals surface area contributed by atoms with E-state index in [1.165, 1.54) is 0 Å². The molecule has 1 heterocycles. The predicted molar refractivity (Wildman–Crippen MR) is 57.6 cm³/mol. The molecule has 13 heavy (non-hydrogen) atoms. The van der Waals surface area contributed by atoms with Gasteiger partial charge >= 0.3 is 0 Å². The molecule has 0 spiro atoms. The number of para-hydroxylation sites is 1. The van der Waals surface area contributed by atoms with E-state index in [9.17, 15) is 0 Å². The fraction of sp³-hybridized carbons (Fsp3) is 0.400. The fourth-order valence-corrected chi connectivity index (χ4v) is 1.74. The van der Waals surface area contributed by atoms with E-state index < -0.39 is 0 Å². The lowest BCUT2D eigenvalue weighted by Gasteiger charge is -2.32. The number of anilines is 2. The Morgan fingerprint density at radius 2 is 1.85 bits per heavy atom. The van der Waals surface area contributed by atoms with Crippen LogP contribution in [-0.2, 0) is 0 Å². The molecule has 2 nitrogen and oxygen atoms in total. The number of halogens is 1. The molecule has 2 unspecified atom stereocenters. The standard InChI is InChI=1S/C10H13ClN2/c1-6-7(2)13-10-8(11)4-3-5-9(10)12-6/h3-7,12-13H,1-2H3. The van der Waals surface area contributed by atoms with Gasteiger partial charge in [-0.15, -0.1) is 0 Å². The molecule has 70 valence electrons. The Hall–Kier alpha value is -0.890. The van der Waals surface area contributed by atoms with Crippen molar-refractivity contribution in [2.24, 2.45) is 0 Å². The summed E-state index contributed by atoms with van der Waals surface area (Å²) >= 11 is 6.05. The molecule has 0 radical (unpaired) electrons. The van der Waals surface area contributed by atoms with Gasteiger partial charge in [-0.2, -0.15) is 0 Å². The van der Waals surface area contributed by atoms with Gasteiger partial charge in [0.15, 0.2) is 0 Å². The van der Waals surface area contributed by atoms with Gasteiger partial charge in [0.25, 0.3) is 0 Å². The highest BCUT2D eigenvalue weighted by Gasteiger charge is 2.21. The van der Waals surface area contributed by atoms with Crippen LogP contribution in [0.15, 0.2) is 18.2 Å². The second-order valence-corrected chi connectivity index (χ2v) is 3.94. The second-order valence-electron chi connectivity index (χ2n) is 3.53. The molecular formula is C10H13ClN2. The SMILES string of the molecule is CC1Nc2cccc(Cl)c2NC1C. The van der Waals surface area contributed by atoms with Gasteiger partial charge in [-0.25, -0.2) is 0 Å². The Bertz CT molecular complexity index is 325. The van der Waals surface area contributed by atoms with E-state index >= 15 is 0 Å². The van der Waals surface area contributed by atoms with Gasteiger partial charge in [0.1, 0.15) is 0 Å². The van der Waals surface area contributed by atoms with Crippen molar-refractivity contribution < 1.29 is 0 Å². The first kappa shape index (κ1) is 8.70. The molecule has 0 saturated carbocycles. The van der Waals surface area contributed by atoms with E-state index in [0.717, 1.165) is 16.4 Å². The molecule has 0 aromatic heterocycles. The summed E-state index contributed by atoms with van der Waals surface area (Å²) in [6.45, 7) is 4.30. The molecule has 2 N–H and O–H groups in total. The van der Waals surface area contributed by atoms with Crippen LogP contribution in [0.1, 0.15) is 13.8 Å². The van der Waals surface area contributed by atoms with Crippen LogP contribution in [0.25, 0.3) is 0 Å². The largest absolute Gasteiger partial charge is 0.379 e. The van der Waals surface area contributed by atoms with Gasteiger partial charge in [-0.05, 0) is 26.0 Å². The monoisotopic (exact) mass is 196 g/mol. The summed E-state index contributed by atoms with van der Waals surface area (Å²) in [5.74, 6) is 0. The van der Waals surface area contributed by atoms with Gasteiger partial charge in [0.2, 0.25) is 0 Å². The lowest BCUT2D eigenvalue weighted by atomic mass is 10.1. The minimum atomic E-state index is 0.410. The molecule has 0 amide bonds.